The van der Waals surface area contributed by atoms with Crippen molar-refractivity contribution >= 4 is 5.91 Å². The summed E-state index contributed by atoms with van der Waals surface area (Å²) in [5.74, 6) is -3.01. The van der Waals surface area contributed by atoms with Crippen LogP contribution in [0.2, 0.25) is 0 Å². The van der Waals surface area contributed by atoms with Gasteiger partial charge in [-0.2, -0.15) is 0 Å². The lowest BCUT2D eigenvalue weighted by molar-refractivity contribution is -0.124. The third-order valence-corrected chi connectivity index (χ3v) is 5.37. The van der Waals surface area contributed by atoms with Crippen molar-refractivity contribution in [3.8, 4) is 0 Å². The van der Waals surface area contributed by atoms with Crippen LogP contribution in [0.25, 0.3) is 0 Å². The molecule has 3 rings (SSSR count). The second kappa shape index (κ2) is 5.80. The van der Waals surface area contributed by atoms with Gasteiger partial charge in [0.1, 0.15) is 0 Å². The van der Waals surface area contributed by atoms with Crippen LogP contribution in [0.15, 0.2) is 0 Å². The molecule has 2 heterocycles. The molecule has 1 spiro atoms. The lowest BCUT2D eigenvalue weighted by atomic mass is 9.68. The minimum absolute atomic E-state index is 0.141. The molecule has 0 aromatic heterocycles. The maximum atomic E-state index is 13.1. The molecule has 0 aromatic carbocycles. The van der Waals surface area contributed by atoms with Crippen LogP contribution in [0.1, 0.15) is 44.9 Å². The highest BCUT2D eigenvalue weighted by Crippen LogP contribution is 2.44. The first kappa shape index (κ1) is 15.2. The van der Waals surface area contributed by atoms with Gasteiger partial charge >= 0.3 is 0 Å². The van der Waals surface area contributed by atoms with Gasteiger partial charge in [0, 0.05) is 25.7 Å². The van der Waals surface area contributed by atoms with Crippen molar-refractivity contribution in [2.75, 3.05) is 19.8 Å². The predicted molar refractivity (Wildman–Crippen MR) is 74.2 cm³/mol. The van der Waals surface area contributed by atoms with Crippen molar-refractivity contribution < 1.29 is 18.3 Å². The van der Waals surface area contributed by atoms with E-state index < -0.39 is 18.5 Å². The van der Waals surface area contributed by atoms with E-state index in [1.165, 1.54) is 0 Å². The average molecular weight is 302 g/mol. The Balaban J connectivity index is 1.46. The van der Waals surface area contributed by atoms with Gasteiger partial charge in [0.2, 0.25) is 5.91 Å². The van der Waals surface area contributed by atoms with Crippen molar-refractivity contribution in [1.82, 2.24) is 10.6 Å². The Bertz CT molecular complexity index is 387. The van der Waals surface area contributed by atoms with Gasteiger partial charge in [0.05, 0.1) is 12.6 Å². The molecule has 1 unspecified atom stereocenters. The lowest BCUT2D eigenvalue weighted by Crippen LogP contribution is -2.48. The Morgan fingerprint density at radius 3 is 2.38 bits per heavy atom. The van der Waals surface area contributed by atoms with E-state index in [-0.39, 0.29) is 18.4 Å². The van der Waals surface area contributed by atoms with Crippen molar-refractivity contribution in [3.05, 3.63) is 0 Å². The van der Waals surface area contributed by atoms with Crippen LogP contribution in [0.5, 0.6) is 0 Å². The fraction of sp³-hybridized carbons (Fsp3) is 0.933. The first-order chi connectivity index (χ1) is 9.98. The third kappa shape index (κ3) is 3.54. The maximum Gasteiger partial charge on any atom is 0.262 e. The summed E-state index contributed by atoms with van der Waals surface area (Å²) in [6, 6.07) is -0.596. The van der Waals surface area contributed by atoms with Crippen molar-refractivity contribution in [2.24, 2.45) is 5.41 Å². The maximum absolute atomic E-state index is 13.1. The molecule has 3 aliphatic rings. The topological polar surface area (TPSA) is 50.4 Å². The van der Waals surface area contributed by atoms with Crippen LogP contribution >= 0.6 is 0 Å². The number of ether oxygens (including phenoxy) is 1. The molecular formula is C15H24F2N2O2. The number of halogens is 2. The van der Waals surface area contributed by atoms with Crippen LogP contribution in [-0.2, 0) is 9.53 Å². The van der Waals surface area contributed by atoms with E-state index in [1.54, 1.807) is 0 Å². The third-order valence-electron chi connectivity index (χ3n) is 5.37. The summed E-state index contributed by atoms with van der Waals surface area (Å²) in [6.07, 6.45) is 5.97. The molecule has 0 aromatic rings. The average Bonchev–Trinajstić information content (AvgIpc) is 2.83. The van der Waals surface area contributed by atoms with E-state index in [0.29, 0.717) is 5.41 Å². The van der Waals surface area contributed by atoms with Gasteiger partial charge in [-0.15, -0.1) is 0 Å². The zero-order chi connectivity index (χ0) is 14.9. The molecule has 2 N–H and O–H groups in total. The van der Waals surface area contributed by atoms with Gasteiger partial charge in [-0.25, -0.2) is 8.78 Å². The second-order valence-corrected chi connectivity index (χ2v) is 6.89. The van der Waals surface area contributed by atoms with E-state index in [1.807, 2.05) is 0 Å². The number of nitrogens with one attached hydrogen (secondary N) is 2. The number of carbonyl (C=O) groups is 1. The van der Waals surface area contributed by atoms with Gasteiger partial charge in [0.25, 0.3) is 5.92 Å². The number of amides is 1. The Hall–Kier alpha value is -0.750. The van der Waals surface area contributed by atoms with E-state index in [9.17, 15) is 13.6 Å². The molecule has 6 heteroatoms. The van der Waals surface area contributed by atoms with Gasteiger partial charge in [0.15, 0.2) is 0 Å². The molecule has 21 heavy (non-hydrogen) atoms. The number of hydrogen-bond acceptors (Lipinski definition) is 3. The van der Waals surface area contributed by atoms with E-state index >= 15 is 0 Å². The van der Waals surface area contributed by atoms with Crippen molar-refractivity contribution in [3.63, 3.8) is 0 Å². The standard InChI is InChI=1S/C15H24F2N2O2/c16-15(17)9-12(18-10-15)13(20)19-11-1-3-14(4-2-11)5-7-21-8-6-14/h11-12,18H,1-10H2,(H,19,20). The van der Waals surface area contributed by atoms with Gasteiger partial charge in [-0.1, -0.05) is 0 Å². The molecule has 0 radical (unpaired) electrons. The highest BCUT2D eigenvalue weighted by Gasteiger charge is 2.43. The molecule has 1 atom stereocenters. The van der Waals surface area contributed by atoms with E-state index in [0.717, 1.165) is 51.7 Å². The normalized spacial score (nSPS) is 32.2. The lowest BCUT2D eigenvalue weighted by Gasteiger charge is -2.43. The largest absolute Gasteiger partial charge is 0.381 e. The number of alkyl halides is 2. The van der Waals surface area contributed by atoms with E-state index in [2.05, 4.69) is 10.6 Å². The Morgan fingerprint density at radius 2 is 1.81 bits per heavy atom. The first-order valence-electron chi connectivity index (χ1n) is 7.98. The molecule has 4 nitrogen and oxygen atoms in total. The number of carbonyl (C=O) groups excluding carboxylic acids is 1. The monoisotopic (exact) mass is 302 g/mol. The fourth-order valence-corrected chi connectivity index (χ4v) is 3.88. The molecule has 3 fully saturated rings. The summed E-state index contributed by atoms with van der Waals surface area (Å²) in [5.41, 5.74) is 0.401. The summed E-state index contributed by atoms with van der Waals surface area (Å²) < 4.78 is 31.7. The van der Waals surface area contributed by atoms with Gasteiger partial charge in [-0.05, 0) is 43.9 Å². The van der Waals surface area contributed by atoms with Crippen LogP contribution in [0, 0.1) is 5.41 Å². The Morgan fingerprint density at radius 1 is 1.14 bits per heavy atom. The van der Waals surface area contributed by atoms with Crippen LogP contribution in [0.3, 0.4) is 0 Å². The van der Waals surface area contributed by atoms with Crippen LogP contribution in [-0.4, -0.2) is 43.7 Å². The molecule has 2 aliphatic heterocycles. The SMILES string of the molecule is O=C(NC1CCC2(CCOCC2)CC1)C1CC(F)(F)CN1. The smallest absolute Gasteiger partial charge is 0.262 e. The number of rotatable bonds is 2. The minimum Gasteiger partial charge on any atom is -0.381 e. The highest BCUT2D eigenvalue weighted by atomic mass is 19.3. The molecular weight excluding hydrogens is 278 g/mol. The van der Waals surface area contributed by atoms with Gasteiger partial charge < -0.3 is 10.1 Å². The molecule has 120 valence electrons. The Kier molecular flexibility index (Phi) is 4.19. The molecule has 0 bridgehead atoms. The summed E-state index contributed by atoms with van der Waals surface area (Å²) in [5, 5.41) is 5.57. The second-order valence-electron chi connectivity index (χ2n) is 6.89. The van der Waals surface area contributed by atoms with Crippen molar-refractivity contribution in [2.45, 2.75) is 63.0 Å². The Labute approximate surface area is 124 Å². The summed E-state index contributed by atoms with van der Waals surface area (Å²) in [6.45, 7) is 1.30. The zero-order valence-corrected chi connectivity index (χ0v) is 12.3. The first-order valence-corrected chi connectivity index (χ1v) is 7.98. The van der Waals surface area contributed by atoms with Crippen LogP contribution < -0.4 is 10.6 Å². The van der Waals surface area contributed by atoms with E-state index in [4.69, 9.17) is 4.74 Å². The zero-order valence-electron chi connectivity index (χ0n) is 12.3. The molecule has 1 amide bonds. The molecule has 1 aliphatic carbocycles. The number of hydrogen-bond donors (Lipinski definition) is 2. The summed E-state index contributed by atoms with van der Waals surface area (Å²) in [4.78, 5) is 12.0. The predicted octanol–water partition coefficient (Wildman–Crippen LogP) is 1.84. The summed E-state index contributed by atoms with van der Waals surface area (Å²) >= 11 is 0. The summed E-state index contributed by atoms with van der Waals surface area (Å²) in [7, 11) is 0. The fourth-order valence-electron chi connectivity index (χ4n) is 3.88. The van der Waals surface area contributed by atoms with Crippen molar-refractivity contribution in [1.29, 1.82) is 0 Å². The van der Waals surface area contributed by atoms with Gasteiger partial charge in [-0.3, -0.25) is 10.1 Å². The quantitative estimate of drug-likeness (QED) is 0.818. The molecule has 1 saturated carbocycles. The molecule has 2 saturated heterocycles. The highest BCUT2D eigenvalue weighted by molar-refractivity contribution is 5.82. The van der Waals surface area contributed by atoms with Crippen LogP contribution in [0.4, 0.5) is 8.78 Å². The minimum atomic E-state index is -2.75.